The second-order valence-corrected chi connectivity index (χ2v) is 8.21. The fourth-order valence-corrected chi connectivity index (χ4v) is 4.39. The summed E-state index contributed by atoms with van der Waals surface area (Å²) >= 11 is 0. The van der Waals surface area contributed by atoms with Crippen molar-refractivity contribution in [2.24, 2.45) is 4.99 Å². The van der Waals surface area contributed by atoms with Gasteiger partial charge in [-0.3, -0.25) is 14.6 Å². The molecular weight excluding hydrogens is 529 g/mol. The Morgan fingerprint density at radius 3 is 2.79 bits per heavy atom. The van der Waals surface area contributed by atoms with Crippen molar-refractivity contribution in [3.63, 3.8) is 0 Å². The molecule has 2 amide bonds. The molecule has 2 aromatic rings. The second kappa shape index (κ2) is 12.0. The number of halogens is 1. The van der Waals surface area contributed by atoms with Gasteiger partial charge in [0.15, 0.2) is 5.96 Å². The van der Waals surface area contributed by atoms with Crippen LogP contribution >= 0.6 is 24.0 Å². The number of para-hydroxylation sites is 2. The number of nitrogens with zero attached hydrogens (tertiary/aromatic N) is 2. The lowest BCUT2D eigenvalue weighted by Crippen LogP contribution is -2.39. The normalized spacial score (nSPS) is 16.9. The van der Waals surface area contributed by atoms with E-state index >= 15 is 0 Å². The first-order valence-corrected chi connectivity index (χ1v) is 11.4. The van der Waals surface area contributed by atoms with Crippen molar-refractivity contribution in [2.75, 3.05) is 36.4 Å². The van der Waals surface area contributed by atoms with Crippen LogP contribution in [0.1, 0.15) is 43.2 Å². The molecule has 2 aliphatic heterocycles. The summed E-state index contributed by atoms with van der Waals surface area (Å²) in [5, 5.41) is 9.51. The minimum atomic E-state index is 0. The first kappa shape index (κ1) is 25.0. The van der Waals surface area contributed by atoms with Gasteiger partial charge in [-0.25, -0.2) is 0 Å². The summed E-state index contributed by atoms with van der Waals surface area (Å²) in [4.78, 5) is 31.3. The molecule has 33 heavy (non-hydrogen) atoms. The maximum Gasteiger partial charge on any atom is 0.227 e. The minimum Gasteiger partial charge on any atom is -0.357 e. The first-order valence-electron chi connectivity index (χ1n) is 11.4. The average Bonchev–Trinajstić information content (AvgIpc) is 3.24. The third kappa shape index (κ3) is 6.25. The smallest absolute Gasteiger partial charge is 0.227 e. The Bertz CT molecular complexity index is 1010. The molecule has 2 heterocycles. The van der Waals surface area contributed by atoms with E-state index < -0.39 is 0 Å². The summed E-state index contributed by atoms with van der Waals surface area (Å²) in [7, 11) is 0. The average molecular weight is 561 g/mol. The summed E-state index contributed by atoms with van der Waals surface area (Å²) in [5.74, 6) is 0.981. The molecule has 0 fully saturated rings. The Kier molecular flexibility index (Phi) is 9.11. The number of benzene rings is 2. The van der Waals surface area contributed by atoms with Gasteiger partial charge in [-0.15, -0.1) is 24.0 Å². The van der Waals surface area contributed by atoms with E-state index in [0.29, 0.717) is 25.9 Å². The van der Waals surface area contributed by atoms with Crippen molar-refractivity contribution in [1.29, 1.82) is 0 Å². The number of amides is 2. The summed E-state index contributed by atoms with van der Waals surface area (Å²) in [6, 6.07) is 16.0. The van der Waals surface area contributed by atoms with Crippen LogP contribution in [0, 0.1) is 0 Å². The first-order chi connectivity index (χ1) is 15.7. The van der Waals surface area contributed by atoms with Gasteiger partial charge in [-0.1, -0.05) is 36.4 Å². The highest BCUT2D eigenvalue weighted by Gasteiger charge is 2.25. The van der Waals surface area contributed by atoms with Gasteiger partial charge in [-0.2, -0.15) is 0 Å². The topological polar surface area (TPSA) is 85.8 Å². The van der Waals surface area contributed by atoms with E-state index in [0.717, 1.165) is 48.8 Å². The Morgan fingerprint density at radius 2 is 1.94 bits per heavy atom. The van der Waals surface area contributed by atoms with Crippen LogP contribution in [-0.4, -0.2) is 44.0 Å². The number of hydrogen-bond donors (Lipinski definition) is 3. The maximum atomic E-state index is 12.7. The van der Waals surface area contributed by atoms with E-state index in [1.165, 1.54) is 5.56 Å². The number of carbonyl (C=O) groups excluding carboxylic acids is 2. The molecular formula is C25H32IN5O2. The lowest BCUT2D eigenvalue weighted by atomic mass is 9.91. The molecule has 7 nitrogen and oxygen atoms in total. The molecule has 1 unspecified atom stereocenters. The van der Waals surface area contributed by atoms with Crippen LogP contribution in [0.2, 0.25) is 0 Å². The number of aliphatic imine (C=N–C) groups is 1. The molecule has 0 radical (unpaired) electrons. The lowest BCUT2D eigenvalue weighted by Gasteiger charge is -2.24. The molecule has 2 aliphatic rings. The molecule has 8 heteroatoms. The molecule has 0 aliphatic carbocycles. The van der Waals surface area contributed by atoms with Crippen LogP contribution in [0.5, 0.6) is 0 Å². The molecule has 4 rings (SSSR count). The Balaban J connectivity index is 0.00000306. The number of nitrogens with one attached hydrogen (secondary N) is 3. The van der Waals surface area contributed by atoms with E-state index in [-0.39, 0.29) is 41.7 Å². The van der Waals surface area contributed by atoms with Gasteiger partial charge in [0.05, 0.1) is 6.54 Å². The molecule has 2 aromatic carbocycles. The molecule has 3 N–H and O–H groups in total. The van der Waals surface area contributed by atoms with E-state index in [9.17, 15) is 9.59 Å². The Morgan fingerprint density at radius 1 is 1.15 bits per heavy atom. The predicted octanol–water partition coefficient (Wildman–Crippen LogP) is 3.66. The van der Waals surface area contributed by atoms with E-state index in [1.807, 2.05) is 48.2 Å². The molecule has 176 valence electrons. The highest BCUT2D eigenvalue weighted by molar-refractivity contribution is 14.0. The molecule has 0 saturated heterocycles. The molecule has 0 saturated carbocycles. The fraction of sp³-hybridized carbons (Fsp3) is 0.400. The third-order valence-electron chi connectivity index (χ3n) is 5.97. The van der Waals surface area contributed by atoms with Crippen LogP contribution in [0.4, 0.5) is 11.4 Å². The summed E-state index contributed by atoms with van der Waals surface area (Å²) in [6.45, 7) is 4.73. The van der Waals surface area contributed by atoms with Gasteiger partial charge < -0.3 is 20.9 Å². The van der Waals surface area contributed by atoms with Crippen LogP contribution in [-0.2, 0) is 16.0 Å². The number of anilines is 2. The molecule has 0 spiro atoms. The fourth-order valence-electron chi connectivity index (χ4n) is 4.39. The lowest BCUT2D eigenvalue weighted by molar-refractivity contribution is -0.118. The molecule has 1 atom stereocenters. The zero-order valence-corrected chi connectivity index (χ0v) is 21.3. The van der Waals surface area contributed by atoms with Crippen molar-refractivity contribution in [2.45, 2.75) is 38.5 Å². The summed E-state index contributed by atoms with van der Waals surface area (Å²) in [5.41, 5.74) is 4.31. The van der Waals surface area contributed by atoms with E-state index in [1.54, 1.807) is 0 Å². The maximum absolute atomic E-state index is 12.7. The van der Waals surface area contributed by atoms with E-state index in [4.69, 9.17) is 4.99 Å². The number of carbonyl (C=O) groups is 2. The summed E-state index contributed by atoms with van der Waals surface area (Å²) in [6.07, 6.45) is 2.60. The van der Waals surface area contributed by atoms with Crippen LogP contribution in [0.3, 0.4) is 0 Å². The zero-order valence-electron chi connectivity index (χ0n) is 19.0. The predicted molar refractivity (Wildman–Crippen MR) is 144 cm³/mol. The number of hydrogen-bond acceptors (Lipinski definition) is 3. The van der Waals surface area contributed by atoms with E-state index in [2.05, 4.69) is 28.1 Å². The number of guanidine groups is 1. The largest absolute Gasteiger partial charge is 0.357 e. The second-order valence-electron chi connectivity index (χ2n) is 8.21. The van der Waals surface area contributed by atoms with Crippen LogP contribution in [0.15, 0.2) is 53.5 Å². The Labute approximate surface area is 212 Å². The quantitative estimate of drug-likeness (QED) is 0.209. The number of rotatable bonds is 7. The van der Waals surface area contributed by atoms with Crippen molar-refractivity contribution >= 4 is 53.1 Å². The van der Waals surface area contributed by atoms with Gasteiger partial charge in [0.2, 0.25) is 11.8 Å². The van der Waals surface area contributed by atoms with Gasteiger partial charge in [0.1, 0.15) is 0 Å². The van der Waals surface area contributed by atoms with Crippen molar-refractivity contribution in [3.05, 3.63) is 59.7 Å². The number of fused-ring (bicyclic) bond motifs is 2. The monoisotopic (exact) mass is 561 g/mol. The van der Waals surface area contributed by atoms with Crippen LogP contribution in [0.25, 0.3) is 0 Å². The summed E-state index contributed by atoms with van der Waals surface area (Å²) < 4.78 is 0. The zero-order chi connectivity index (χ0) is 22.3. The Hall–Kier alpha value is -2.62. The van der Waals surface area contributed by atoms with Crippen molar-refractivity contribution in [1.82, 2.24) is 10.6 Å². The minimum absolute atomic E-state index is 0. The van der Waals surface area contributed by atoms with Gasteiger partial charge >= 0.3 is 0 Å². The van der Waals surface area contributed by atoms with Crippen molar-refractivity contribution < 1.29 is 9.59 Å². The highest BCUT2D eigenvalue weighted by Crippen LogP contribution is 2.32. The van der Waals surface area contributed by atoms with Gasteiger partial charge in [-0.05, 0) is 43.0 Å². The van der Waals surface area contributed by atoms with Crippen LogP contribution < -0.4 is 20.9 Å². The highest BCUT2D eigenvalue weighted by atomic mass is 127. The van der Waals surface area contributed by atoms with Gasteiger partial charge in [0, 0.05) is 49.8 Å². The third-order valence-corrected chi connectivity index (χ3v) is 5.97. The van der Waals surface area contributed by atoms with Crippen molar-refractivity contribution in [3.8, 4) is 0 Å². The standard InChI is InChI=1S/C25H31N5O2.HI/c1-2-26-25(28-17-19-16-23(31)29-21-10-5-4-9-20(19)21)27-14-7-12-24(32)30-15-13-18-8-3-6-11-22(18)30;/h3-6,8-11,19H,2,7,12-17H2,1H3,(H,29,31)(H2,26,27,28);1H. The van der Waals surface area contributed by atoms with Gasteiger partial charge in [0.25, 0.3) is 0 Å². The molecule has 0 bridgehead atoms. The SMILES string of the molecule is CCNC(=NCC1CC(=O)Nc2ccccc21)NCCCC(=O)N1CCc2ccccc21.I. The molecule has 0 aromatic heterocycles.